The molecule has 0 spiro atoms. The number of anilines is 1. The van der Waals surface area contributed by atoms with Crippen LogP contribution in [-0.2, 0) is 0 Å². The van der Waals surface area contributed by atoms with Gasteiger partial charge in [-0.15, -0.1) is 0 Å². The summed E-state index contributed by atoms with van der Waals surface area (Å²) >= 11 is 9.34. The van der Waals surface area contributed by atoms with E-state index in [9.17, 15) is 0 Å². The van der Waals surface area contributed by atoms with Gasteiger partial charge in [0.2, 0.25) is 0 Å². The molecule has 0 saturated carbocycles. The van der Waals surface area contributed by atoms with E-state index in [-0.39, 0.29) is 12.1 Å². The first-order valence-corrected chi connectivity index (χ1v) is 11.2. The Morgan fingerprint density at radius 2 is 1.81 bits per heavy atom. The fourth-order valence-electron chi connectivity index (χ4n) is 3.98. The van der Waals surface area contributed by atoms with Crippen molar-refractivity contribution in [3.8, 4) is 5.82 Å². The van der Waals surface area contributed by atoms with Crippen molar-refractivity contribution < 1.29 is 0 Å². The Kier molecular flexibility index (Phi) is 5.29. The van der Waals surface area contributed by atoms with Crippen LogP contribution in [0, 0.1) is 6.92 Å². The molecule has 0 aliphatic carbocycles. The summed E-state index contributed by atoms with van der Waals surface area (Å²) in [5, 5.41) is 4.18. The third-order valence-corrected chi connectivity index (χ3v) is 6.27. The number of thiocarbonyl (C=S) groups is 1. The molecule has 7 heteroatoms. The van der Waals surface area contributed by atoms with Crippen LogP contribution in [0.1, 0.15) is 29.0 Å². The van der Waals surface area contributed by atoms with Gasteiger partial charge in [-0.25, -0.2) is 4.98 Å². The number of rotatable bonds is 4. The molecule has 4 heterocycles. The van der Waals surface area contributed by atoms with Crippen molar-refractivity contribution in [3.63, 3.8) is 0 Å². The third kappa shape index (κ3) is 3.75. The average Bonchev–Trinajstić information content (AvgIpc) is 3.40. The van der Waals surface area contributed by atoms with E-state index < -0.39 is 0 Å². The van der Waals surface area contributed by atoms with E-state index >= 15 is 0 Å². The second kappa shape index (κ2) is 8.24. The zero-order valence-corrected chi connectivity index (χ0v) is 19.2. The van der Waals surface area contributed by atoms with Gasteiger partial charge < -0.3 is 14.8 Å². The first kappa shape index (κ1) is 19.9. The highest BCUT2D eigenvalue weighted by molar-refractivity contribution is 9.10. The van der Waals surface area contributed by atoms with Gasteiger partial charge in [0.25, 0.3) is 0 Å². The molecular weight excluding hydrogens is 470 g/mol. The Hall–Kier alpha value is -3.03. The monoisotopic (exact) mass is 489 g/mol. The van der Waals surface area contributed by atoms with Crippen molar-refractivity contribution >= 4 is 38.9 Å². The molecule has 5 rings (SSSR count). The molecule has 4 aromatic rings. The summed E-state index contributed by atoms with van der Waals surface area (Å²) in [6.45, 7) is 2.04. The highest BCUT2D eigenvalue weighted by atomic mass is 79.9. The lowest BCUT2D eigenvalue weighted by Crippen LogP contribution is -2.30. The zero-order valence-electron chi connectivity index (χ0n) is 16.8. The molecule has 1 aromatic carbocycles. The lowest BCUT2D eigenvalue weighted by molar-refractivity contribution is 0.548. The van der Waals surface area contributed by atoms with Crippen molar-refractivity contribution in [1.29, 1.82) is 0 Å². The molecule has 1 aliphatic rings. The van der Waals surface area contributed by atoms with E-state index in [1.54, 1.807) is 0 Å². The van der Waals surface area contributed by atoms with E-state index in [0.29, 0.717) is 5.11 Å². The molecule has 0 amide bonds. The van der Waals surface area contributed by atoms with Crippen LogP contribution < -0.4 is 10.2 Å². The Morgan fingerprint density at radius 3 is 2.52 bits per heavy atom. The van der Waals surface area contributed by atoms with Gasteiger partial charge in [0, 0.05) is 34.4 Å². The Balaban J connectivity index is 1.66. The standard InChI is InChI=1S/C24H20BrN5S/c1-16-7-12-21(27-15-16)29-14-4-6-20(29)23-22(19-5-2-3-13-26-19)28-24(31)30(23)18-10-8-17(25)9-11-18/h2-15,22-23H,1H3,(H,28,31)/t22-,23-/m1/s1. The topological polar surface area (TPSA) is 46.0 Å². The van der Waals surface area contributed by atoms with Gasteiger partial charge in [0.05, 0.1) is 11.7 Å². The lowest BCUT2D eigenvalue weighted by atomic mass is 10.0. The van der Waals surface area contributed by atoms with Gasteiger partial charge in [0.15, 0.2) is 5.11 Å². The summed E-state index contributed by atoms with van der Waals surface area (Å²) in [6, 6.07) is 22.3. The number of aromatic nitrogens is 3. The van der Waals surface area contributed by atoms with Crippen LogP contribution in [0.5, 0.6) is 0 Å². The third-order valence-electron chi connectivity index (χ3n) is 5.43. The van der Waals surface area contributed by atoms with Gasteiger partial charge in [-0.2, -0.15) is 0 Å². The summed E-state index contributed by atoms with van der Waals surface area (Å²) < 4.78 is 3.15. The van der Waals surface area contributed by atoms with E-state index in [2.05, 4.69) is 64.9 Å². The van der Waals surface area contributed by atoms with E-state index in [0.717, 1.165) is 32.9 Å². The highest BCUT2D eigenvalue weighted by Crippen LogP contribution is 2.42. The number of halogens is 1. The maximum Gasteiger partial charge on any atom is 0.174 e. The quantitative estimate of drug-likeness (QED) is 0.382. The van der Waals surface area contributed by atoms with E-state index in [1.165, 1.54) is 0 Å². The van der Waals surface area contributed by atoms with Crippen molar-refractivity contribution in [2.45, 2.75) is 19.0 Å². The molecule has 0 radical (unpaired) electrons. The van der Waals surface area contributed by atoms with Crippen LogP contribution in [-0.4, -0.2) is 19.6 Å². The molecule has 1 fully saturated rings. The van der Waals surface area contributed by atoms with Crippen LogP contribution in [0.15, 0.2) is 89.8 Å². The van der Waals surface area contributed by atoms with Crippen molar-refractivity contribution in [3.05, 3.63) is 107 Å². The molecule has 0 bridgehead atoms. The molecule has 1 saturated heterocycles. The number of pyridine rings is 2. The Labute approximate surface area is 194 Å². The summed E-state index contributed by atoms with van der Waals surface area (Å²) in [5.74, 6) is 0.874. The largest absolute Gasteiger partial charge is 0.351 e. The molecule has 0 unspecified atom stereocenters. The smallest absolute Gasteiger partial charge is 0.174 e. The van der Waals surface area contributed by atoms with E-state index in [1.807, 2.05) is 68.0 Å². The molecule has 31 heavy (non-hydrogen) atoms. The van der Waals surface area contributed by atoms with Crippen LogP contribution in [0.3, 0.4) is 0 Å². The van der Waals surface area contributed by atoms with Crippen molar-refractivity contribution in [2.75, 3.05) is 4.90 Å². The molecule has 5 nitrogen and oxygen atoms in total. The molecule has 1 N–H and O–H groups in total. The number of nitrogens with one attached hydrogen (secondary N) is 1. The summed E-state index contributed by atoms with van der Waals surface area (Å²) in [5.41, 5.74) is 4.18. The Bertz CT molecular complexity index is 1200. The number of benzene rings is 1. The predicted molar refractivity (Wildman–Crippen MR) is 130 cm³/mol. The molecule has 1 aliphatic heterocycles. The van der Waals surface area contributed by atoms with Gasteiger partial charge >= 0.3 is 0 Å². The fraction of sp³-hybridized carbons (Fsp3) is 0.125. The first-order chi connectivity index (χ1) is 15.1. The summed E-state index contributed by atoms with van der Waals surface area (Å²) in [7, 11) is 0. The minimum atomic E-state index is -0.101. The minimum absolute atomic E-state index is 0.0957. The maximum absolute atomic E-state index is 5.81. The van der Waals surface area contributed by atoms with Crippen molar-refractivity contribution in [1.82, 2.24) is 19.9 Å². The van der Waals surface area contributed by atoms with Crippen molar-refractivity contribution in [2.24, 2.45) is 0 Å². The number of aryl methyl sites for hydroxylation is 1. The number of hydrogen-bond acceptors (Lipinski definition) is 3. The van der Waals surface area contributed by atoms with Crippen LogP contribution in [0.4, 0.5) is 5.69 Å². The molecular formula is C24H20BrN5S. The van der Waals surface area contributed by atoms with Gasteiger partial charge in [0.1, 0.15) is 11.9 Å². The highest BCUT2D eigenvalue weighted by Gasteiger charge is 2.42. The van der Waals surface area contributed by atoms with E-state index in [4.69, 9.17) is 12.2 Å². The first-order valence-electron chi connectivity index (χ1n) is 9.98. The normalized spacial score (nSPS) is 18.3. The molecule has 154 valence electrons. The fourth-order valence-corrected chi connectivity index (χ4v) is 4.59. The average molecular weight is 490 g/mol. The second-order valence-corrected chi connectivity index (χ2v) is 8.77. The predicted octanol–water partition coefficient (Wildman–Crippen LogP) is 5.52. The van der Waals surface area contributed by atoms with Gasteiger partial charge in [-0.1, -0.05) is 28.1 Å². The van der Waals surface area contributed by atoms with Gasteiger partial charge in [-0.3, -0.25) is 4.98 Å². The molecule has 2 atom stereocenters. The Morgan fingerprint density at radius 1 is 0.968 bits per heavy atom. The minimum Gasteiger partial charge on any atom is -0.351 e. The maximum atomic E-state index is 5.81. The van der Waals surface area contributed by atoms with Crippen LogP contribution >= 0.6 is 28.1 Å². The summed E-state index contributed by atoms with van der Waals surface area (Å²) in [4.78, 5) is 11.4. The molecule has 3 aromatic heterocycles. The SMILES string of the molecule is Cc1ccc(-n2cccc2[C@@H]2[C@@H](c3ccccn3)NC(=S)N2c2ccc(Br)cc2)nc1. The number of nitrogens with zero attached hydrogens (tertiary/aromatic N) is 4. The lowest BCUT2D eigenvalue weighted by Gasteiger charge is -2.28. The number of hydrogen-bond donors (Lipinski definition) is 1. The second-order valence-electron chi connectivity index (χ2n) is 7.47. The summed E-state index contributed by atoms with van der Waals surface area (Å²) in [6.07, 6.45) is 5.75. The van der Waals surface area contributed by atoms with Gasteiger partial charge in [-0.05, 0) is 79.3 Å². The zero-order chi connectivity index (χ0) is 21.4. The van der Waals surface area contributed by atoms with Crippen LogP contribution in [0.2, 0.25) is 0 Å². The van der Waals surface area contributed by atoms with Crippen LogP contribution in [0.25, 0.3) is 5.82 Å².